The Labute approximate surface area is 138 Å². The lowest BCUT2D eigenvalue weighted by atomic mass is 9.91. The Morgan fingerprint density at radius 3 is 2.36 bits per heavy atom. The molecule has 22 heavy (non-hydrogen) atoms. The van der Waals surface area contributed by atoms with E-state index in [1.54, 1.807) is 0 Å². The van der Waals surface area contributed by atoms with E-state index in [0.29, 0.717) is 5.92 Å². The molecular formula is C19H24N2S. The molecule has 0 fully saturated rings. The summed E-state index contributed by atoms with van der Waals surface area (Å²) < 4.78 is 0. The fourth-order valence-electron chi connectivity index (χ4n) is 2.47. The lowest BCUT2D eigenvalue weighted by molar-refractivity contribution is 0.861. The fourth-order valence-corrected chi connectivity index (χ4v) is 3.03. The lowest BCUT2D eigenvalue weighted by Crippen LogP contribution is -2.08. The number of nitrogens with one attached hydrogen (secondary N) is 1. The van der Waals surface area contributed by atoms with Crippen LogP contribution in [0.2, 0.25) is 0 Å². The summed E-state index contributed by atoms with van der Waals surface area (Å²) in [5, 5.41) is 4.55. The standard InChI is InChI=1S/C19H24N2S/c1-13(2)18-8-6-7-15(4)19(18)16(5)20-21-22-17-11-9-14(3)10-12-17/h6-13,21H,1-5H3/b20-16-. The Morgan fingerprint density at radius 1 is 1.05 bits per heavy atom. The van der Waals surface area contributed by atoms with Gasteiger partial charge >= 0.3 is 0 Å². The summed E-state index contributed by atoms with van der Waals surface area (Å²) in [6.07, 6.45) is 0. The second kappa shape index (κ2) is 7.50. The highest BCUT2D eigenvalue weighted by atomic mass is 32.2. The van der Waals surface area contributed by atoms with Gasteiger partial charge in [-0.3, -0.25) is 0 Å². The third-order valence-corrected chi connectivity index (χ3v) is 4.38. The minimum atomic E-state index is 0.491. The molecule has 0 bridgehead atoms. The number of hydrogen-bond acceptors (Lipinski definition) is 3. The van der Waals surface area contributed by atoms with E-state index < -0.39 is 0 Å². The van der Waals surface area contributed by atoms with Gasteiger partial charge in [-0.05, 0) is 49.9 Å². The van der Waals surface area contributed by atoms with Crippen LogP contribution in [0.1, 0.15) is 48.9 Å². The summed E-state index contributed by atoms with van der Waals surface area (Å²) in [6, 6.07) is 14.9. The predicted octanol–water partition coefficient (Wildman–Crippen LogP) is 5.45. The molecule has 3 heteroatoms. The van der Waals surface area contributed by atoms with Crippen LogP contribution in [0.15, 0.2) is 52.5 Å². The van der Waals surface area contributed by atoms with E-state index in [4.69, 9.17) is 0 Å². The molecule has 0 amide bonds. The third-order valence-electron chi connectivity index (χ3n) is 3.69. The van der Waals surface area contributed by atoms with Gasteiger partial charge in [0.1, 0.15) is 0 Å². The average Bonchev–Trinajstić information content (AvgIpc) is 2.48. The molecule has 2 nitrogen and oxygen atoms in total. The Bertz CT molecular complexity index is 658. The van der Waals surface area contributed by atoms with Crippen LogP contribution in [0.3, 0.4) is 0 Å². The zero-order valence-corrected chi connectivity index (χ0v) is 14.8. The summed E-state index contributed by atoms with van der Waals surface area (Å²) in [5.74, 6) is 0.491. The quantitative estimate of drug-likeness (QED) is 0.451. The molecule has 2 aromatic rings. The highest BCUT2D eigenvalue weighted by Gasteiger charge is 2.11. The van der Waals surface area contributed by atoms with Crippen LogP contribution in [0, 0.1) is 13.8 Å². The largest absolute Gasteiger partial charge is 0.247 e. The number of hydrogen-bond donors (Lipinski definition) is 1. The van der Waals surface area contributed by atoms with Crippen LogP contribution in [0.5, 0.6) is 0 Å². The molecule has 0 unspecified atom stereocenters. The summed E-state index contributed by atoms with van der Waals surface area (Å²) >= 11 is 1.53. The molecule has 0 saturated heterocycles. The van der Waals surface area contributed by atoms with E-state index in [0.717, 1.165) is 10.6 Å². The van der Waals surface area contributed by atoms with Crippen molar-refractivity contribution >= 4 is 17.7 Å². The normalized spacial score (nSPS) is 11.8. The molecular weight excluding hydrogens is 288 g/mol. The fraction of sp³-hybridized carbons (Fsp3) is 0.316. The minimum absolute atomic E-state index is 0.491. The van der Waals surface area contributed by atoms with E-state index in [1.165, 1.54) is 34.2 Å². The van der Waals surface area contributed by atoms with Crippen LogP contribution in [-0.2, 0) is 0 Å². The molecule has 0 saturated carbocycles. The molecule has 0 aliphatic rings. The zero-order valence-electron chi connectivity index (χ0n) is 14.0. The van der Waals surface area contributed by atoms with Crippen molar-refractivity contribution in [3.8, 4) is 0 Å². The van der Waals surface area contributed by atoms with Gasteiger partial charge in [0, 0.05) is 22.4 Å². The molecule has 0 heterocycles. The molecule has 1 N–H and O–H groups in total. The second-order valence-electron chi connectivity index (χ2n) is 5.90. The maximum absolute atomic E-state index is 4.55. The Hall–Kier alpha value is -1.74. The highest BCUT2D eigenvalue weighted by Crippen LogP contribution is 2.23. The van der Waals surface area contributed by atoms with Gasteiger partial charge in [-0.25, -0.2) is 4.83 Å². The number of benzene rings is 2. The van der Waals surface area contributed by atoms with Crippen LogP contribution in [-0.4, -0.2) is 5.71 Å². The molecule has 0 aliphatic carbocycles. The summed E-state index contributed by atoms with van der Waals surface area (Å²) in [6.45, 7) is 10.8. The van der Waals surface area contributed by atoms with Crippen molar-refractivity contribution < 1.29 is 0 Å². The SMILES string of the molecule is C/C(=N/NSc1ccc(C)cc1)c1c(C)cccc1C(C)C. The lowest BCUT2D eigenvalue weighted by Gasteiger charge is -2.15. The van der Waals surface area contributed by atoms with Crippen molar-refractivity contribution in [3.05, 3.63) is 64.7 Å². The monoisotopic (exact) mass is 312 g/mol. The molecule has 0 atom stereocenters. The van der Waals surface area contributed by atoms with Gasteiger partial charge in [-0.2, -0.15) is 5.10 Å². The summed E-state index contributed by atoms with van der Waals surface area (Å²) in [5.41, 5.74) is 6.18. The molecule has 116 valence electrons. The summed E-state index contributed by atoms with van der Waals surface area (Å²) in [7, 11) is 0. The Morgan fingerprint density at radius 2 is 1.73 bits per heavy atom. The second-order valence-corrected chi connectivity index (χ2v) is 6.76. The van der Waals surface area contributed by atoms with Gasteiger partial charge in [0.25, 0.3) is 0 Å². The maximum Gasteiger partial charge on any atom is 0.0660 e. The van der Waals surface area contributed by atoms with Crippen molar-refractivity contribution in [1.29, 1.82) is 0 Å². The van der Waals surface area contributed by atoms with E-state index in [-0.39, 0.29) is 0 Å². The first-order valence-corrected chi connectivity index (χ1v) is 8.43. The first-order chi connectivity index (χ1) is 10.5. The first-order valence-electron chi connectivity index (χ1n) is 7.61. The van der Waals surface area contributed by atoms with Gasteiger partial charge in [-0.1, -0.05) is 49.7 Å². The molecule has 0 radical (unpaired) electrons. The van der Waals surface area contributed by atoms with Crippen LogP contribution in [0.25, 0.3) is 0 Å². The van der Waals surface area contributed by atoms with Crippen molar-refractivity contribution in [1.82, 2.24) is 4.83 Å². The smallest absolute Gasteiger partial charge is 0.0660 e. The van der Waals surface area contributed by atoms with Crippen LogP contribution >= 0.6 is 11.9 Å². The third kappa shape index (κ3) is 4.14. The highest BCUT2D eigenvalue weighted by molar-refractivity contribution is 7.97. The van der Waals surface area contributed by atoms with Gasteiger partial charge in [-0.15, -0.1) is 0 Å². The van der Waals surface area contributed by atoms with Gasteiger partial charge in [0.2, 0.25) is 0 Å². The molecule has 0 aliphatic heterocycles. The minimum Gasteiger partial charge on any atom is -0.247 e. The Balaban J connectivity index is 2.14. The maximum atomic E-state index is 4.55. The van der Waals surface area contributed by atoms with Gasteiger partial charge in [0.15, 0.2) is 0 Å². The topological polar surface area (TPSA) is 24.4 Å². The van der Waals surface area contributed by atoms with Gasteiger partial charge in [0.05, 0.1) is 5.71 Å². The number of rotatable bonds is 5. The molecule has 2 aromatic carbocycles. The van der Waals surface area contributed by atoms with E-state index in [1.807, 2.05) is 0 Å². The van der Waals surface area contributed by atoms with Crippen LogP contribution in [0.4, 0.5) is 0 Å². The van der Waals surface area contributed by atoms with Crippen LogP contribution < -0.4 is 4.83 Å². The van der Waals surface area contributed by atoms with Crippen molar-refractivity contribution in [3.63, 3.8) is 0 Å². The first kappa shape index (κ1) is 16.6. The van der Waals surface area contributed by atoms with E-state index in [9.17, 15) is 0 Å². The van der Waals surface area contributed by atoms with E-state index in [2.05, 4.69) is 87.0 Å². The average molecular weight is 312 g/mol. The van der Waals surface area contributed by atoms with Gasteiger partial charge < -0.3 is 0 Å². The Kier molecular flexibility index (Phi) is 5.67. The molecule has 0 aromatic heterocycles. The number of aryl methyl sites for hydroxylation is 2. The van der Waals surface area contributed by atoms with Crippen molar-refractivity contribution in [2.45, 2.75) is 45.4 Å². The zero-order chi connectivity index (χ0) is 16.1. The molecule has 2 rings (SSSR count). The van der Waals surface area contributed by atoms with E-state index >= 15 is 0 Å². The van der Waals surface area contributed by atoms with Crippen molar-refractivity contribution in [2.75, 3.05) is 0 Å². The number of nitrogens with zero attached hydrogens (tertiary/aromatic N) is 1. The number of hydrazone groups is 1. The predicted molar refractivity (Wildman–Crippen MR) is 97.7 cm³/mol. The van der Waals surface area contributed by atoms with Crippen molar-refractivity contribution in [2.24, 2.45) is 5.10 Å². The molecule has 0 spiro atoms. The summed E-state index contributed by atoms with van der Waals surface area (Å²) in [4.78, 5) is 4.28.